The minimum Gasteiger partial charge on any atom is -0.326 e. The zero-order valence-corrected chi connectivity index (χ0v) is 12.6. The normalized spacial score (nSPS) is 28.0. The molecule has 2 heterocycles. The number of hydrogen-bond donors (Lipinski definition) is 1. The van der Waals surface area contributed by atoms with Crippen molar-refractivity contribution < 1.29 is 4.79 Å². The average Bonchev–Trinajstić information content (AvgIpc) is 3.26. The predicted molar refractivity (Wildman–Crippen MR) is 77.3 cm³/mol. The number of nitrogens with zero attached hydrogens (tertiary/aromatic N) is 6. The maximum atomic E-state index is 12.2. The second-order valence-corrected chi connectivity index (χ2v) is 6.16. The molecule has 3 atom stereocenters. The molecule has 0 unspecified atom stereocenters. The predicted octanol–water partition coefficient (Wildman–Crippen LogP) is -0.0540. The van der Waals surface area contributed by atoms with Crippen molar-refractivity contribution in [2.75, 3.05) is 13.1 Å². The van der Waals surface area contributed by atoms with Crippen molar-refractivity contribution in [3.05, 3.63) is 6.33 Å². The molecular weight excluding hydrogens is 282 g/mol. The van der Waals surface area contributed by atoms with E-state index >= 15 is 0 Å². The summed E-state index contributed by atoms with van der Waals surface area (Å²) < 4.78 is 1.76. The molecule has 2 aliphatic rings. The van der Waals surface area contributed by atoms with Crippen LogP contribution in [0.2, 0.25) is 0 Å². The van der Waals surface area contributed by atoms with Crippen molar-refractivity contribution in [3.63, 3.8) is 0 Å². The number of aromatic nitrogens is 4. The Morgan fingerprint density at radius 1 is 1.41 bits per heavy atom. The SMILES string of the molecule is N#C[C@@H]1CCCN1C(=O)CN[C@@H]1CC[C@H](Cn2cnnn2)C1. The van der Waals surface area contributed by atoms with Gasteiger partial charge in [-0.2, -0.15) is 5.26 Å². The van der Waals surface area contributed by atoms with Gasteiger partial charge in [0.05, 0.1) is 12.6 Å². The number of carbonyl (C=O) groups is 1. The van der Waals surface area contributed by atoms with Crippen LogP contribution in [0.3, 0.4) is 0 Å². The second-order valence-electron chi connectivity index (χ2n) is 6.16. The van der Waals surface area contributed by atoms with Crippen LogP contribution >= 0.6 is 0 Å². The average molecular weight is 303 g/mol. The highest BCUT2D eigenvalue weighted by Crippen LogP contribution is 2.26. The lowest BCUT2D eigenvalue weighted by Gasteiger charge is -2.21. The zero-order chi connectivity index (χ0) is 15.4. The zero-order valence-electron chi connectivity index (χ0n) is 12.6. The molecule has 0 radical (unpaired) electrons. The monoisotopic (exact) mass is 303 g/mol. The lowest BCUT2D eigenvalue weighted by atomic mass is 10.1. The first-order chi connectivity index (χ1) is 10.8. The van der Waals surface area contributed by atoms with E-state index in [9.17, 15) is 4.79 Å². The van der Waals surface area contributed by atoms with Crippen molar-refractivity contribution in [3.8, 4) is 6.07 Å². The molecule has 1 amide bonds. The van der Waals surface area contributed by atoms with Gasteiger partial charge in [0.25, 0.3) is 0 Å². The number of tetrazole rings is 1. The lowest BCUT2D eigenvalue weighted by molar-refractivity contribution is -0.130. The minimum absolute atomic E-state index is 0.0491. The summed E-state index contributed by atoms with van der Waals surface area (Å²) in [6.45, 7) is 1.88. The quantitative estimate of drug-likeness (QED) is 0.818. The molecule has 8 heteroatoms. The number of nitrogens with one attached hydrogen (secondary N) is 1. The highest BCUT2D eigenvalue weighted by molar-refractivity contribution is 5.79. The van der Waals surface area contributed by atoms with Gasteiger partial charge in [0.1, 0.15) is 12.4 Å². The van der Waals surface area contributed by atoms with E-state index in [4.69, 9.17) is 5.26 Å². The summed E-state index contributed by atoms with van der Waals surface area (Å²) in [7, 11) is 0. The fourth-order valence-electron chi connectivity index (χ4n) is 3.49. The Kier molecular flexibility index (Phi) is 4.63. The first kappa shape index (κ1) is 14.9. The van der Waals surface area contributed by atoms with Crippen LogP contribution in [0.4, 0.5) is 0 Å². The molecule has 0 spiro atoms. The van der Waals surface area contributed by atoms with Crippen LogP contribution in [0.25, 0.3) is 0 Å². The molecule has 1 aliphatic heterocycles. The molecule has 1 aromatic heterocycles. The third-order valence-electron chi connectivity index (χ3n) is 4.64. The van der Waals surface area contributed by atoms with Gasteiger partial charge in [0, 0.05) is 19.1 Å². The number of carbonyl (C=O) groups excluding carboxylic acids is 1. The Hall–Kier alpha value is -2.01. The van der Waals surface area contributed by atoms with Crippen LogP contribution in [0.1, 0.15) is 32.1 Å². The number of nitriles is 1. The van der Waals surface area contributed by atoms with Crippen molar-refractivity contribution >= 4 is 5.91 Å². The summed E-state index contributed by atoms with van der Waals surface area (Å²) in [5.41, 5.74) is 0. The first-order valence-electron chi connectivity index (χ1n) is 7.89. The molecular formula is C14H21N7O. The molecule has 0 bridgehead atoms. The van der Waals surface area contributed by atoms with Crippen LogP contribution < -0.4 is 5.32 Å². The third kappa shape index (κ3) is 3.42. The van der Waals surface area contributed by atoms with E-state index < -0.39 is 0 Å². The minimum atomic E-state index is -0.231. The molecule has 1 N–H and O–H groups in total. The van der Waals surface area contributed by atoms with E-state index in [2.05, 4.69) is 26.9 Å². The maximum absolute atomic E-state index is 12.2. The topological polar surface area (TPSA) is 99.7 Å². The van der Waals surface area contributed by atoms with Crippen LogP contribution in [0.15, 0.2) is 6.33 Å². The van der Waals surface area contributed by atoms with E-state index in [1.54, 1.807) is 15.9 Å². The van der Waals surface area contributed by atoms with E-state index in [0.717, 1.165) is 38.6 Å². The van der Waals surface area contributed by atoms with Gasteiger partial charge in [0.15, 0.2) is 0 Å². The van der Waals surface area contributed by atoms with Gasteiger partial charge in [0.2, 0.25) is 5.91 Å². The lowest BCUT2D eigenvalue weighted by Crippen LogP contribution is -2.42. The van der Waals surface area contributed by atoms with Gasteiger partial charge in [-0.25, -0.2) is 4.68 Å². The van der Waals surface area contributed by atoms with Gasteiger partial charge in [-0.1, -0.05) is 0 Å². The Labute approximate surface area is 129 Å². The molecule has 1 aliphatic carbocycles. The Bertz CT molecular complexity index is 538. The molecule has 2 fully saturated rings. The first-order valence-corrected chi connectivity index (χ1v) is 7.89. The molecule has 118 valence electrons. The molecule has 3 rings (SSSR count). The third-order valence-corrected chi connectivity index (χ3v) is 4.64. The van der Waals surface area contributed by atoms with Crippen LogP contribution in [0, 0.1) is 17.2 Å². The largest absolute Gasteiger partial charge is 0.326 e. The molecule has 8 nitrogen and oxygen atoms in total. The standard InChI is InChI=1S/C14H21N7O/c15-7-13-2-1-5-21(13)14(22)8-16-12-4-3-11(6-12)9-20-10-17-18-19-20/h10-13,16H,1-6,8-9H2/t11-,12+,13-/m0/s1. The summed E-state index contributed by atoms with van der Waals surface area (Å²) in [5.74, 6) is 0.600. The number of likely N-dealkylation sites (tertiary alicyclic amines) is 1. The van der Waals surface area contributed by atoms with E-state index in [-0.39, 0.29) is 11.9 Å². The van der Waals surface area contributed by atoms with E-state index in [1.807, 2.05) is 0 Å². The molecule has 1 aromatic rings. The fraction of sp³-hybridized carbons (Fsp3) is 0.786. The second kappa shape index (κ2) is 6.83. The number of amides is 1. The van der Waals surface area contributed by atoms with Crippen molar-refractivity contribution in [1.82, 2.24) is 30.4 Å². The van der Waals surface area contributed by atoms with E-state index in [1.165, 1.54) is 0 Å². The summed E-state index contributed by atoms with van der Waals surface area (Å²) in [6, 6.07) is 2.35. The molecule has 22 heavy (non-hydrogen) atoms. The van der Waals surface area contributed by atoms with Gasteiger partial charge in [-0.15, -0.1) is 5.10 Å². The van der Waals surface area contributed by atoms with Crippen LogP contribution in [-0.2, 0) is 11.3 Å². The summed E-state index contributed by atoms with van der Waals surface area (Å²) in [4.78, 5) is 13.9. The number of hydrogen-bond acceptors (Lipinski definition) is 6. The van der Waals surface area contributed by atoms with Crippen molar-refractivity contribution in [2.24, 2.45) is 5.92 Å². The highest BCUT2D eigenvalue weighted by atomic mass is 16.2. The Balaban J connectivity index is 1.41. The Morgan fingerprint density at radius 3 is 3.09 bits per heavy atom. The smallest absolute Gasteiger partial charge is 0.237 e. The summed E-state index contributed by atoms with van der Waals surface area (Å²) in [6.07, 6.45) is 6.60. The van der Waals surface area contributed by atoms with Gasteiger partial charge < -0.3 is 10.2 Å². The van der Waals surface area contributed by atoms with Crippen LogP contribution in [-0.4, -0.2) is 56.2 Å². The molecule has 1 saturated carbocycles. The Morgan fingerprint density at radius 2 is 2.32 bits per heavy atom. The van der Waals surface area contributed by atoms with Gasteiger partial charge in [-0.05, 0) is 48.4 Å². The van der Waals surface area contributed by atoms with Crippen molar-refractivity contribution in [2.45, 2.75) is 50.7 Å². The number of rotatable bonds is 5. The van der Waals surface area contributed by atoms with Gasteiger partial charge in [-0.3, -0.25) is 4.79 Å². The molecule has 0 aromatic carbocycles. The fourth-order valence-corrected chi connectivity index (χ4v) is 3.49. The van der Waals surface area contributed by atoms with Crippen LogP contribution in [0.5, 0.6) is 0 Å². The highest BCUT2D eigenvalue weighted by Gasteiger charge is 2.30. The molecule has 1 saturated heterocycles. The van der Waals surface area contributed by atoms with E-state index in [0.29, 0.717) is 25.0 Å². The summed E-state index contributed by atoms with van der Waals surface area (Å²) in [5, 5.41) is 23.6. The van der Waals surface area contributed by atoms with Crippen molar-refractivity contribution in [1.29, 1.82) is 5.26 Å². The maximum Gasteiger partial charge on any atom is 0.237 e. The summed E-state index contributed by atoms with van der Waals surface area (Å²) >= 11 is 0. The van der Waals surface area contributed by atoms with Gasteiger partial charge >= 0.3 is 0 Å².